The summed E-state index contributed by atoms with van der Waals surface area (Å²) in [5.74, 6) is 0.283. The Balaban J connectivity index is 1.22. The predicted octanol–water partition coefficient (Wildman–Crippen LogP) is 3.04. The Bertz CT molecular complexity index is 1430. The fourth-order valence-corrected chi connectivity index (χ4v) is 4.34. The van der Waals surface area contributed by atoms with Crippen LogP contribution in [0.1, 0.15) is 40.8 Å². The summed E-state index contributed by atoms with van der Waals surface area (Å²) in [5.41, 5.74) is 1.77. The first-order valence-electron chi connectivity index (χ1n) is 11.3. The summed E-state index contributed by atoms with van der Waals surface area (Å²) in [5, 5.41) is 16.6. The topological polar surface area (TPSA) is 103 Å². The van der Waals surface area contributed by atoms with Gasteiger partial charge in [-0.2, -0.15) is 23.4 Å². The van der Waals surface area contributed by atoms with Gasteiger partial charge >= 0.3 is 6.18 Å². The number of alkyl halides is 3. The lowest BCUT2D eigenvalue weighted by Crippen LogP contribution is -2.33. The number of halogens is 3. The van der Waals surface area contributed by atoms with Gasteiger partial charge in [-0.3, -0.25) is 4.79 Å². The summed E-state index contributed by atoms with van der Waals surface area (Å²) in [6.45, 7) is 5.85. The van der Waals surface area contributed by atoms with Crippen LogP contribution >= 0.6 is 0 Å². The van der Waals surface area contributed by atoms with E-state index in [1.807, 2.05) is 19.9 Å². The van der Waals surface area contributed by atoms with E-state index in [-0.39, 0.29) is 35.7 Å². The third kappa shape index (κ3) is 4.60. The molecule has 1 fully saturated rings. The largest absolute Gasteiger partial charge is 0.466 e. The first kappa shape index (κ1) is 23.7. The van der Waals surface area contributed by atoms with Gasteiger partial charge in [-0.15, -0.1) is 10.2 Å². The van der Waals surface area contributed by atoms with E-state index in [9.17, 15) is 18.0 Å². The molecule has 13 heteroatoms. The summed E-state index contributed by atoms with van der Waals surface area (Å²) < 4.78 is 48.3. The summed E-state index contributed by atoms with van der Waals surface area (Å²) in [4.78, 5) is 18.5. The molecular formula is C23H23F3N8O2. The number of ether oxygens (including phenoxy) is 1. The normalized spacial score (nSPS) is 16.2. The molecule has 1 aliphatic rings. The highest BCUT2D eigenvalue weighted by molar-refractivity contribution is 5.78. The highest BCUT2D eigenvalue weighted by Gasteiger charge is 2.36. The maximum Gasteiger partial charge on any atom is 0.433 e. The standard InChI is InChI=1S/C23H23F3N8O2/c1-13-9-18(23(24,25)26)34-20(27-13)10-17(31-34)16-6-7-32(11-16)22(35)12-36-21-5-4-19(28-29-21)33-15(3)8-14(2)30-33/h4-5,8-10,16H,6-7,11-12H2,1-3H3/t16-/m0/s1. The van der Waals surface area contributed by atoms with Gasteiger partial charge < -0.3 is 9.64 Å². The van der Waals surface area contributed by atoms with Gasteiger partial charge in [0, 0.05) is 42.5 Å². The molecule has 188 valence electrons. The summed E-state index contributed by atoms with van der Waals surface area (Å²) in [7, 11) is 0. The van der Waals surface area contributed by atoms with Crippen LogP contribution in [0, 0.1) is 20.8 Å². The molecule has 1 saturated heterocycles. The summed E-state index contributed by atoms with van der Waals surface area (Å²) in [6, 6.07) is 7.76. The van der Waals surface area contributed by atoms with Crippen molar-refractivity contribution in [3.63, 3.8) is 0 Å². The Kier molecular flexibility index (Phi) is 5.85. The highest BCUT2D eigenvalue weighted by Crippen LogP contribution is 2.32. The van der Waals surface area contributed by atoms with E-state index in [0.29, 0.717) is 31.0 Å². The number of fused-ring (bicyclic) bond motifs is 1. The van der Waals surface area contributed by atoms with E-state index in [0.717, 1.165) is 22.0 Å². The van der Waals surface area contributed by atoms with Crippen molar-refractivity contribution >= 4 is 11.6 Å². The van der Waals surface area contributed by atoms with Crippen LogP contribution in [0.2, 0.25) is 0 Å². The van der Waals surface area contributed by atoms with Crippen molar-refractivity contribution in [1.29, 1.82) is 0 Å². The number of carbonyl (C=O) groups is 1. The number of aromatic nitrogens is 7. The quantitative estimate of drug-likeness (QED) is 0.415. The monoisotopic (exact) mass is 500 g/mol. The van der Waals surface area contributed by atoms with E-state index in [4.69, 9.17) is 4.74 Å². The molecule has 0 aliphatic carbocycles. The first-order valence-corrected chi connectivity index (χ1v) is 11.3. The van der Waals surface area contributed by atoms with Crippen LogP contribution in [0.15, 0.2) is 30.3 Å². The lowest BCUT2D eigenvalue weighted by atomic mass is 10.1. The number of amides is 1. The van der Waals surface area contributed by atoms with E-state index in [2.05, 4.69) is 25.4 Å². The van der Waals surface area contributed by atoms with Crippen LogP contribution in [0.25, 0.3) is 11.5 Å². The molecule has 0 bridgehead atoms. The molecule has 1 atom stereocenters. The predicted molar refractivity (Wildman–Crippen MR) is 121 cm³/mol. The van der Waals surface area contributed by atoms with Gasteiger partial charge in [0.05, 0.1) is 11.4 Å². The number of rotatable bonds is 5. The van der Waals surface area contributed by atoms with Gasteiger partial charge in [-0.05, 0) is 45.4 Å². The minimum Gasteiger partial charge on any atom is -0.466 e. The molecule has 4 aromatic rings. The van der Waals surface area contributed by atoms with Crippen molar-refractivity contribution in [3.05, 3.63) is 58.8 Å². The van der Waals surface area contributed by atoms with Crippen molar-refractivity contribution in [2.75, 3.05) is 19.7 Å². The Morgan fingerprint density at radius 3 is 2.56 bits per heavy atom. The van der Waals surface area contributed by atoms with E-state index < -0.39 is 11.9 Å². The third-order valence-electron chi connectivity index (χ3n) is 6.02. The second-order valence-corrected chi connectivity index (χ2v) is 8.80. The smallest absolute Gasteiger partial charge is 0.433 e. The molecule has 0 aromatic carbocycles. The second kappa shape index (κ2) is 8.88. The number of nitrogens with zero attached hydrogens (tertiary/aromatic N) is 8. The Hall–Kier alpha value is -4.03. The highest BCUT2D eigenvalue weighted by atomic mass is 19.4. The zero-order valence-electron chi connectivity index (χ0n) is 19.8. The summed E-state index contributed by atoms with van der Waals surface area (Å²) >= 11 is 0. The number of likely N-dealkylation sites (tertiary alicyclic amines) is 1. The molecular weight excluding hydrogens is 477 g/mol. The Labute approximate surface area is 203 Å². The van der Waals surface area contributed by atoms with Gasteiger partial charge in [0.2, 0.25) is 5.88 Å². The van der Waals surface area contributed by atoms with Crippen molar-refractivity contribution < 1.29 is 22.7 Å². The molecule has 36 heavy (non-hydrogen) atoms. The average molecular weight is 500 g/mol. The van der Waals surface area contributed by atoms with Crippen LogP contribution in [0.3, 0.4) is 0 Å². The average Bonchev–Trinajstić information content (AvgIpc) is 3.54. The number of hydrogen-bond donors (Lipinski definition) is 0. The maximum atomic E-state index is 13.4. The number of hydrogen-bond acceptors (Lipinski definition) is 7. The van der Waals surface area contributed by atoms with E-state index >= 15 is 0 Å². The minimum atomic E-state index is -4.55. The van der Waals surface area contributed by atoms with E-state index in [1.54, 1.807) is 27.8 Å². The van der Waals surface area contributed by atoms with Crippen molar-refractivity contribution in [2.24, 2.45) is 0 Å². The second-order valence-electron chi connectivity index (χ2n) is 8.80. The molecule has 4 aromatic heterocycles. The van der Waals surface area contributed by atoms with Crippen LogP contribution in [-0.2, 0) is 11.0 Å². The van der Waals surface area contributed by atoms with Crippen LogP contribution in [-0.4, -0.2) is 65.1 Å². The molecule has 0 unspecified atom stereocenters. The lowest BCUT2D eigenvalue weighted by Gasteiger charge is -2.16. The van der Waals surface area contributed by atoms with Crippen molar-refractivity contribution in [1.82, 2.24) is 39.5 Å². The molecule has 0 N–H and O–H groups in total. The van der Waals surface area contributed by atoms with Gasteiger partial charge in [-0.1, -0.05) is 0 Å². The molecule has 0 saturated carbocycles. The third-order valence-corrected chi connectivity index (χ3v) is 6.02. The molecule has 5 rings (SSSR count). The zero-order valence-corrected chi connectivity index (χ0v) is 19.8. The van der Waals surface area contributed by atoms with Gasteiger partial charge in [0.1, 0.15) is 5.69 Å². The fraction of sp³-hybridized carbons (Fsp3) is 0.391. The van der Waals surface area contributed by atoms with Gasteiger partial charge in [-0.25, -0.2) is 14.2 Å². The van der Waals surface area contributed by atoms with Crippen LogP contribution in [0.4, 0.5) is 13.2 Å². The summed E-state index contributed by atoms with van der Waals surface area (Å²) in [6.07, 6.45) is -3.98. The molecule has 10 nitrogen and oxygen atoms in total. The van der Waals surface area contributed by atoms with Crippen LogP contribution < -0.4 is 4.74 Å². The van der Waals surface area contributed by atoms with Crippen molar-refractivity contribution in [2.45, 2.75) is 39.3 Å². The molecule has 0 radical (unpaired) electrons. The Morgan fingerprint density at radius 1 is 1.08 bits per heavy atom. The van der Waals surface area contributed by atoms with Crippen molar-refractivity contribution in [3.8, 4) is 11.7 Å². The molecule has 0 spiro atoms. The molecule has 5 heterocycles. The Morgan fingerprint density at radius 2 is 1.89 bits per heavy atom. The minimum absolute atomic E-state index is 0.132. The van der Waals surface area contributed by atoms with E-state index in [1.165, 1.54) is 6.92 Å². The maximum absolute atomic E-state index is 13.4. The zero-order chi connectivity index (χ0) is 25.6. The molecule has 1 aliphatic heterocycles. The van der Waals surface area contributed by atoms with Gasteiger partial charge in [0.25, 0.3) is 5.91 Å². The number of carbonyl (C=O) groups excluding carboxylic acids is 1. The molecule has 1 amide bonds. The SMILES string of the molecule is Cc1cc(C(F)(F)F)n2nc([C@H]3CCN(C(=O)COc4ccc(-n5nc(C)cc5C)nn4)C3)cc2n1. The number of aryl methyl sites for hydroxylation is 3. The fourth-order valence-electron chi connectivity index (χ4n) is 4.34. The lowest BCUT2D eigenvalue weighted by molar-refractivity contribution is -0.142. The van der Waals surface area contributed by atoms with Gasteiger partial charge in [0.15, 0.2) is 18.1 Å². The first-order chi connectivity index (χ1) is 17.1. The van der Waals surface area contributed by atoms with Crippen LogP contribution in [0.5, 0.6) is 5.88 Å².